The van der Waals surface area contributed by atoms with Gasteiger partial charge in [0.15, 0.2) is 11.5 Å². The molecule has 2 aliphatic rings. The van der Waals surface area contributed by atoms with Gasteiger partial charge < -0.3 is 20.4 Å². The zero-order valence-electron chi connectivity index (χ0n) is 32.8. The van der Waals surface area contributed by atoms with E-state index in [2.05, 4.69) is 106 Å². The van der Waals surface area contributed by atoms with E-state index in [1.165, 1.54) is 0 Å². The second kappa shape index (κ2) is 17.6. The van der Waals surface area contributed by atoms with Gasteiger partial charge in [0.25, 0.3) is 11.8 Å². The summed E-state index contributed by atoms with van der Waals surface area (Å²) in [4.78, 5) is 31.2. The molecule has 4 aromatic rings. The number of nitrogens with zero attached hydrogens (tertiary/aromatic N) is 5. The van der Waals surface area contributed by atoms with Crippen LogP contribution in [0.15, 0.2) is 42.5 Å². The van der Waals surface area contributed by atoms with Gasteiger partial charge in [0.05, 0.1) is 0 Å². The van der Waals surface area contributed by atoms with Crippen LogP contribution in [0.4, 0.5) is 17.1 Å². The van der Waals surface area contributed by atoms with Crippen molar-refractivity contribution in [1.29, 1.82) is 0 Å². The number of carbonyl (C=O) groups excluding carboxylic acids is 2. The predicted molar refractivity (Wildman–Crippen MR) is 210 cm³/mol. The van der Waals surface area contributed by atoms with Gasteiger partial charge in [-0.25, -0.2) is 4.52 Å². The summed E-state index contributed by atoms with van der Waals surface area (Å²) in [5.74, 6) is 0.833. The number of hydrogen-bond donors (Lipinski definition) is 3. The summed E-state index contributed by atoms with van der Waals surface area (Å²) in [5.41, 5.74) is 5.79. The van der Waals surface area contributed by atoms with Gasteiger partial charge in [-0.2, -0.15) is 8.42 Å². The van der Waals surface area contributed by atoms with Gasteiger partial charge in [-0.3, -0.25) is 14.7 Å². The van der Waals surface area contributed by atoms with Crippen molar-refractivity contribution in [2.75, 3.05) is 36.8 Å². The first kappa shape index (κ1) is 42.0. The molecule has 0 radical (unpaired) electrons. The van der Waals surface area contributed by atoms with Crippen molar-refractivity contribution in [3.63, 3.8) is 0 Å². The normalized spacial score (nSPS) is 15.0. The molecule has 0 atom stereocenters. The van der Waals surface area contributed by atoms with Gasteiger partial charge in [-0.05, 0) is 95.2 Å². The first-order valence-corrected chi connectivity index (χ1v) is 19.2. The minimum atomic E-state index is -0.750. The van der Waals surface area contributed by atoms with Crippen molar-refractivity contribution < 1.29 is 22.7 Å². The Morgan fingerprint density at radius 2 is 1.28 bits per heavy atom. The van der Waals surface area contributed by atoms with Crippen LogP contribution in [-0.4, -0.2) is 81.6 Å². The standard InChI is InChI=1S/C39H54N8O2.CO.O2S/c1-26-15-16-29(24-31(26)41-39(7,8)38(5,6)36-43-42-33-25-32(37(2,3)4)44-47(33)36)40-30-22-27(34(48)45-17-11-9-12-18-45)21-28(23-30)35(49)46-19-13-10-14-20-46;1-2;1-3-2/h15-16,21-25,40-41,44H,9-14,17-20H2,1-8H3;;. The molecule has 0 unspecified atom stereocenters. The van der Waals surface area contributed by atoms with Crippen molar-refractivity contribution in [2.45, 2.75) is 110 Å². The molecule has 2 amide bonds. The molecule has 2 aliphatic heterocycles. The molecule has 0 bridgehead atoms. The molecule has 2 fully saturated rings. The number of anilines is 3. The van der Waals surface area contributed by atoms with E-state index < -0.39 is 22.5 Å². The fraction of sp³-hybridized carbons (Fsp3) is 0.525. The molecule has 3 N–H and O–H groups in total. The number of nitrogens with one attached hydrogen (secondary N) is 3. The maximum atomic E-state index is 13.7. The van der Waals surface area contributed by atoms with Crippen LogP contribution in [-0.2, 0) is 27.1 Å². The van der Waals surface area contributed by atoms with Crippen LogP contribution in [0.1, 0.15) is 125 Å². The fourth-order valence-corrected chi connectivity index (χ4v) is 6.85. The zero-order valence-corrected chi connectivity index (χ0v) is 33.6. The Morgan fingerprint density at radius 1 is 0.759 bits per heavy atom. The van der Waals surface area contributed by atoms with Crippen molar-refractivity contribution in [1.82, 2.24) is 29.6 Å². The third-order valence-corrected chi connectivity index (χ3v) is 10.8. The molecular weight excluding hydrogens is 705 g/mol. The number of H-pyrrole nitrogens is 1. The van der Waals surface area contributed by atoms with Gasteiger partial charge in [0, 0.05) is 82.5 Å². The first-order chi connectivity index (χ1) is 25.6. The van der Waals surface area contributed by atoms with E-state index in [0.29, 0.717) is 11.1 Å². The predicted octanol–water partition coefficient (Wildman–Crippen LogP) is 7.12. The Kier molecular flexibility index (Phi) is 13.7. The van der Waals surface area contributed by atoms with E-state index >= 15 is 0 Å². The Bertz CT molecular complexity index is 1940. The van der Waals surface area contributed by atoms with Crippen LogP contribution >= 0.6 is 0 Å². The molecule has 2 aromatic carbocycles. The van der Waals surface area contributed by atoms with Gasteiger partial charge in [-0.15, -0.1) is 10.2 Å². The van der Waals surface area contributed by atoms with E-state index in [4.69, 9.17) is 13.1 Å². The molecule has 6 rings (SSSR count). The van der Waals surface area contributed by atoms with Crippen molar-refractivity contribution in [2.24, 2.45) is 0 Å². The Morgan fingerprint density at radius 3 is 1.78 bits per heavy atom. The number of likely N-dealkylation sites (tertiary alicyclic amines) is 2. The molecule has 0 aliphatic carbocycles. The van der Waals surface area contributed by atoms with Crippen LogP contribution in [0.25, 0.3) is 5.65 Å². The van der Waals surface area contributed by atoms with Crippen molar-refractivity contribution >= 4 is 46.1 Å². The van der Waals surface area contributed by atoms with E-state index in [9.17, 15) is 9.59 Å². The number of carbonyl (C=O) groups is 2. The van der Waals surface area contributed by atoms with Gasteiger partial charge in [-0.1, -0.05) is 40.7 Å². The molecular formula is C40H54N8O5S. The van der Waals surface area contributed by atoms with Crippen LogP contribution < -0.4 is 10.6 Å². The summed E-state index contributed by atoms with van der Waals surface area (Å²) >= 11 is -0.750. The maximum absolute atomic E-state index is 13.7. The van der Waals surface area contributed by atoms with E-state index in [1.54, 1.807) is 6.07 Å². The SMILES string of the molecule is Cc1ccc(Nc2cc(C(=O)N3CCCCC3)cc(C(=O)N3CCCCC3)c2)cc1NC(C)(C)C(C)(C)c1nnc2cc(C(C)(C)C)[nH]n12.O=S=O.[C-]#[O+]. The monoisotopic (exact) mass is 758 g/mol. The fourth-order valence-electron chi connectivity index (χ4n) is 6.85. The molecule has 4 heterocycles. The number of benzene rings is 2. The summed E-state index contributed by atoms with van der Waals surface area (Å²) < 4.78 is 26.1. The molecule has 0 saturated carbocycles. The summed E-state index contributed by atoms with van der Waals surface area (Å²) in [6.07, 6.45) is 6.35. The summed E-state index contributed by atoms with van der Waals surface area (Å²) in [5, 5.41) is 20.1. The third-order valence-electron chi connectivity index (χ3n) is 10.8. The Labute approximate surface area is 322 Å². The van der Waals surface area contributed by atoms with Crippen LogP contribution in [0.3, 0.4) is 0 Å². The third kappa shape index (κ3) is 9.47. The van der Waals surface area contributed by atoms with Crippen molar-refractivity contribution in [3.8, 4) is 0 Å². The number of aromatic nitrogens is 4. The van der Waals surface area contributed by atoms with Gasteiger partial charge in [0.1, 0.15) is 0 Å². The van der Waals surface area contributed by atoms with E-state index in [0.717, 1.165) is 104 Å². The van der Waals surface area contributed by atoms with Crippen molar-refractivity contribution in [3.05, 3.63) is 77.3 Å². The molecule has 0 spiro atoms. The summed E-state index contributed by atoms with van der Waals surface area (Å²) in [7, 11) is 0. The second-order valence-electron chi connectivity index (χ2n) is 16.2. The second-order valence-corrected chi connectivity index (χ2v) is 16.4. The number of rotatable bonds is 8. The number of aromatic amines is 1. The number of aryl methyl sites for hydroxylation is 1. The quantitative estimate of drug-likeness (QED) is 0.126. The molecule has 2 saturated heterocycles. The Balaban J connectivity index is 0.00000124. The average Bonchev–Trinajstić information content (AvgIpc) is 3.76. The number of hydrogen-bond acceptors (Lipinski definition) is 8. The zero-order chi connectivity index (χ0) is 39.8. The number of amides is 2. The van der Waals surface area contributed by atoms with E-state index in [1.807, 2.05) is 32.5 Å². The molecule has 290 valence electrons. The number of fused-ring (bicyclic) bond motifs is 1. The van der Waals surface area contributed by atoms with Crippen LogP contribution in [0.5, 0.6) is 0 Å². The van der Waals surface area contributed by atoms with Gasteiger partial charge >= 0.3 is 22.9 Å². The summed E-state index contributed by atoms with van der Waals surface area (Å²) in [6.45, 7) is 24.9. The summed E-state index contributed by atoms with van der Waals surface area (Å²) in [6, 6.07) is 13.9. The average molecular weight is 759 g/mol. The minimum absolute atomic E-state index is 0.00874. The molecule has 2 aromatic heterocycles. The first-order valence-electron chi connectivity index (χ1n) is 18.5. The van der Waals surface area contributed by atoms with E-state index in [-0.39, 0.29) is 17.2 Å². The number of piperidine rings is 2. The topological polar surface area (TPSA) is 165 Å². The van der Waals surface area contributed by atoms with Gasteiger partial charge in [0.2, 0.25) is 0 Å². The molecule has 14 heteroatoms. The molecule has 54 heavy (non-hydrogen) atoms. The Hall–Kier alpha value is -4.78. The van der Waals surface area contributed by atoms with Crippen LogP contribution in [0.2, 0.25) is 0 Å². The molecule has 13 nitrogen and oxygen atoms in total. The van der Waals surface area contributed by atoms with Crippen LogP contribution in [0, 0.1) is 13.6 Å².